The molecule has 0 aliphatic rings. The van der Waals surface area contributed by atoms with Crippen molar-refractivity contribution in [1.29, 1.82) is 0 Å². The molecule has 0 N–H and O–H groups in total. The van der Waals surface area contributed by atoms with Gasteiger partial charge in [-0.3, -0.25) is 0 Å². The van der Waals surface area contributed by atoms with Gasteiger partial charge < -0.3 is 4.52 Å². The smallest absolute Gasteiger partial charge is 0.209 e. The molecule has 0 fully saturated rings. The molecule has 0 amide bonds. The molecule has 3 aromatic rings. The number of rotatable bonds is 3. The molecule has 6 heteroatoms. The summed E-state index contributed by atoms with van der Waals surface area (Å²) in [7, 11) is -3.89. The van der Waals surface area contributed by atoms with Gasteiger partial charge in [0.05, 0.1) is 10.6 Å². The lowest BCUT2D eigenvalue weighted by Crippen LogP contribution is -2.04. The van der Waals surface area contributed by atoms with Crippen LogP contribution in [-0.2, 0) is 9.84 Å². The van der Waals surface area contributed by atoms with Crippen molar-refractivity contribution in [2.75, 3.05) is 0 Å². The van der Waals surface area contributed by atoms with Crippen LogP contribution in [0.4, 0.5) is 4.39 Å². The van der Waals surface area contributed by atoms with Crippen molar-refractivity contribution in [1.82, 2.24) is 5.16 Å². The Balaban J connectivity index is 2.05. The molecule has 2 aromatic carbocycles. The number of hydrogen-bond donors (Lipinski definition) is 0. The number of benzene rings is 2. The quantitative estimate of drug-likeness (QED) is 0.729. The van der Waals surface area contributed by atoms with Gasteiger partial charge in [-0.25, -0.2) is 12.8 Å². The maximum atomic E-state index is 13.8. The van der Waals surface area contributed by atoms with Gasteiger partial charge in [-0.1, -0.05) is 29.4 Å². The van der Waals surface area contributed by atoms with E-state index in [2.05, 4.69) is 5.16 Å². The van der Waals surface area contributed by atoms with Crippen molar-refractivity contribution < 1.29 is 17.3 Å². The van der Waals surface area contributed by atoms with Gasteiger partial charge in [0.25, 0.3) is 0 Å². The highest BCUT2D eigenvalue weighted by atomic mass is 32.2. The van der Waals surface area contributed by atoms with Crippen LogP contribution in [0.1, 0.15) is 11.5 Å². The number of sulfone groups is 1. The van der Waals surface area contributed by atoms with Crippen LogP contribution < -0.4 is 0 Å². The van der Waals surface area contributed by atoms with Crippen LogP contribution in [0.5, 0.6) is 0 Å². The molecule has 0 saturated carbocycles. The molecule has 23 heavy (non-hydrogen) atoms. The molecular weight excluding hydrogens is 317 g/mol. The lowest BCUT2D eigenvalue weighted by atomic mass is 10.0. The van der Waals surface area contributed by atoms with Crippen molar-refractivity contribution in [2.45, 2.75) is 23.6 Å². The Labute approximate surface area is 133 Å². The van der Waals surface area contributed by atoms with Crippen molar-refractivity contribution in [3.05, 3.63) is 65.8 Å². The van der Waals surface area contributed by atoms with Crippen molar-refractivity contribution in [2.24, 2.45) is 0 Å². The second-order valence-corrected chi connectivity index (χ2v) is 7.08. The Bertz CT molecular complexity index is 940. The monoisotopic (exact) mass is 331 g/mol. The second kappa shape index (κ2) is 5.62. The van der Waals surface area contributed by atoms with Gasteiger partial charge in [-0.15, -0.1) is 0 Å². The molecular formula is C17H14FNO3S. The van der Waals surface area contributed by atoms with Crippen molar-refractivity contribution in [3.8, 4) is 11.1 Å². The van der Waals surface area contributed by atoms with Gasteiger partial charge in [0.15, 0.2) is 0 Å². The maximum absolute atomic E-state index is 13.8. The number of hydrogen-bond acceptors (Lipinski definition) is 4. The summed E-state index contributed by atoms with van der Waals surface area (Å²) in [6.45, 7) is 3.61. The topological polar surface area (TPSA) is 60.2 Å². The summed E-state index contributed by atoms with van der Waals surface area (Å²) in [4.78, 5) is -0.289. The zero-order chi connectivity index (χ0) is 16.6. The highest BCUT2D eigenvalue weighted by Gasteiger charge is 2.21. The highest BCUT2D eigenvalue weighted by Crippen LogP contribution is 2.29. The van der Waals surface area contributed by atoms with Gasteiger partial charge in [-0.05, 0) is 43.7 Å². The summed E-state index contributed by atoms with van der Waals surface area (Å²) in [6, 6.07) is 11.6. The molecule has 0 aliphatic heterocycles. The van der Waals surface area contributed by atoms with E-state index >= 15 is 0 Å². The first-order valence-corrected chi connectivity index (χ1v) is 8.42. The normalized spacial score (nSPS) is 11.6. The van der Waals surface area contributed by atoms with Crippen LogP contribution in [0.15, 0.2) is 62.8 Å². The number of aromatic nitrogens is 1. The van der Waals surface area contributed by atoms with Crippen LogP contribution >= 0.6 is 0 Å². The molecule has 0 unspecified atom stereocenters. The molecule has 4 nitrogen and oxygen atoms in total. The van der Waals surface area contributed by atoms with Crippen molar-refractivity contribution in [3.63, 3.8) is 0 Å². The summed E-state index contributed by atoms with van der Waals surface area (Å²) >= 11 is 0. The molecule has 1 aromatic heterocycles. The Morgan fingerprint density at radius 1 is 1.00 bits per heavy atom. The molecule has 0 aliphatic carbocycles. The Morgan fingerprint density at radius 2 is 1.65 bits per heavy atom. The third-order valence-corrected chi connectivity index (χ3v) is 5.42. The number of aryl methyl sites for hydroxylation is 2. The Kier molecular flexibility index (Phi) is 3.77. The first kappa shape index (κ1) is 15.4. The summed E-state index contributed by atoms with van der Waals surface area (Å²) in [5.74, 6) is -0.102. The molecule has 0 bridgehead atoms. The minimum absolute atomic E-state index is 0.0399. The van der Waals surface area contributed by atoms with Gasteiger partial charge in [0.1, 0.15) is 16.5 Å². The van der Waals surface area contributed by atoms with Crippen LogP contribution in [0.2, 0.25) is 0 Å². The fourth-order valence-corrected chi connectivity index (χ4v) is 3.82. The number of halogens is 1. The zero-order valence-electron chi connectivity index (χ0n) is 12.6. The summed E-state index contributed by atoms with van der Waals surface area (Å²) in [5, 5.41) is 3.88. The van der Waals surface area contributed by atoms with E-state index in [1.165, 1.54) is 30.3 Å². The molecule has 0 saturated heterocycles. The van der Waals surface area contributed by atoms with Crippen LogP contribution in [0.25, 0.3) is 11.1 Å². The molecule has 0 atom stereocenters. The third kappa shape index (κ3) is 2.66. The number of nitrogens with zero attached hydrogens (tertiary/aromatic N) is 1. The molecule has 0 spiro atoms. The van der Waals surface area contributed by atoms with Crippen molar-refractivity contribution >= 4 is 9.84 Å². The van der Waals surface area contributed by atoms with Crippen LogP contribution in [0.3, 0.4) is 0 Å². The van der Waals surface area contributed by atoms with Crippen LogP contribution in [0, 0.1) is 19.7 Å². The molecule has 1 heterocycles. The lowest BCUT2D eigenvalue weighted by molar-refractivity contribution is 0.393. The average molecular weight is 331 g/mol. The predicted molar refractivity (Wildman–Crippen MR) is 83.3 cm³/mol. The minimum atomic E-state index is -3.89. The van der Waals surface area contributed by atoms with E-state index < -0.39 is 15.7 Å². The van der Waals surface area contributed by atoms with Gasteiger partial charge >= 0.3 is 0 Å². The molecule has 0 radical (unpaired) electrons. The van der Waals surface area contributed by atoms with E-state index in [0.29, 0.717) is 5.76 Å². The minimum Gasteiger partial charge on any atom is -0.361 e. The summed E-state index contributed by atoms with van der Waals surface area (Å²) < 4.78 is 43.9. The van der Waals surface area contributed by atoms with E-state index in [0.717, 1.165) is 22.9 Å². The second-order valence-electron chi connectivity index (χ2n) is 5.16. The van der Waals surface area contributed by atoms with E-state index in [4.69, 9.17) is 4.52 Å². The SMILES string of the molecule is Cc1noc(C)c1-c1ccc(S(=O)(=O)c2ccccc2F)cc1. The molecule has 3 rings (SSSR count). The predicted octanol–water partition coefficient (Wildman–Crippen LogP) is 3.93. The first-order chi connectivity index (χ1) is 10.9. The van der Waals surface area contributed by atoms with E-state index in [-0.39, 0.29) is 9.79 Å². The summed E-state index contributed by atoms with van der Waals surface area (Å²) in [6.07, 6.45) is 0. The third-order valence-electron chi connectivity index (χ3n) is 3.61. The Morgan fingerprint density at radius 3 is 2.22 bits per heavy atom. The largest absolute Gasteiger partial charge is 0.361 e. The van der Waals surface area contributed by atoms with Gasteiger partial charge in [0, 0.05) is 5.56 Å². The average Bonchev–Trinajstić information content (AvgIpc) is 2.86. The highest BCUT2D eigenvalue weighted by molar-refractivity contribution is 7.91. The lowest BCUT2D eigenvalue weighted by Gasteiger charge is -2.07. The fourth-order valence-electron chi connectivity index (χ4n) is 2.49. The standard InChI is InChI=1S/C17H14FNO3S/c1-11-17(12(2)22-19-11)13-7-9-14(10-8-13)23(20,21)16-6-4-3-5-15(16)18/h3-10H,1-2H3. The Hall–Kier alpha value is -2.47. The van der Waals surface area contributed by atoms with Gasteiger partial charge in [0.2, 0.25) is 9.84 Å². The first-order valence-electron chi connectivity index (χ1n) is 6.94. The van der Waals surface area contributed by atoms with E-state index in [1.807, 2.05) is 6.92 Å². The van der Waals surface area contributed by atoms with E-state index in [9.17, 15) is 12.8 Å². The van der Waals surface area contributed by atoms with Crippen LogP contribution in [-0.4, -0.2) is 13.6 Å². The van der Waals surface area contributed by atoms with Gasteiger partial charge in [-0.2, -0.15) is 0 Å². The maximum Gasteiger partial charge on any atom is 0.209 e. The molecule has 118 valence electrons. The van der Waals surface area contributed by atoms with E-state index in [1.54, 1.807) is 19.1 Å². The fraction of sp³-hybridized carbons (Fsp3) is 0.118. The summed E-state index contributed by atoms with van der Waals surface area (Å²) in [5.41, 5.74) is 2.36. The zero-order valence-corrected chi connectivity index (χ0v) is 13.4.